The van der Waals surface area contributed by atoms with E-state index in [9.17, 15) is 4.79 Å². The number of methoxy groups -OCH3 is 1. The Morgan fingerprint density at radius 1 is 1.37 bits per heavy atom. The molecule has 1 saturated carbocycles. The number of carbonyl (C=O) groups is 1. The number of anilines is 1. The Kier molecular flexibility index (Phi) is 4.30. The van der Waals surface area contributed by atoms with Gasteiger partial charge in [-0.3, -0.25) is 4.79 Å². The third kappa shape index (κ3) is 3.19. The van der Waals surface area contributed by atoms with Gasteiger partial charge in [0.25, 0.3) is 5.91 Å². The van der Waals surface area contributed by atoms with Crippen molar-refractivity contribution < 1.29 is 9.53 Å². The zero-order chi connectivity index (χ0) is 13.8. The lowest BCUT2D eigenvalue weighted by Crippen LogP contribution is -2.41. The van der Waals surface area contributed by atoms with Crippen LogP contribution in [0, 0.1) is 5.92 Å². The molecular weight excluding hydrogens is 240 g/mol. The van der Waals surface area contributed by atoms with Gasteiger partial charge >= 0.3 is 0 Å². The van der Waals surface area contributed by atoms with Crippen molar-refractivity contribution in [3.63, 3.8) is 0 Å². The highest BCUT2D eigenvalue weighted by molar-refractivity contribution is 5.97. The second-order valence-corrected chi connectivity index (χ2v) is 5.30. The fraction of sp³-hybridized carbons (Fsp3) is 0.533. The lowest BCUT2D eigenvalue weighted by molar-refractivity contribution is 0.0907. The van der Waals surface area contributed by atoms with Crippen LogP contribution in [0.2, 0.25) is 0 Å². The van der Waals surface area contributed by atoms with Gasteiger partial charge in [-0.15, -0.1) is 0 Å². The van der Waals surface area contributed by atoms with E-state index < -0.39 is 0 Å². The Hall–Kier alpha value is -1.71. The molecule has 1 aliphatic rings. The number of rotatable bonds is 3. The minimum Gasteiger partial charge on any atom is -0.496 e. The van der Waals surface area contributed by atoms with E-state index in [1.54, 1.807) is 25.3 Å². The third-order valence-electron chi connectivity index (χ3n) is 3.90. The topological polar surface area (TPSA) is 64.3 Å². The summed E-state index contributed by atoms with van der Waals surface area (Å²) in [6.07, 6.45) is 4.70. The number of amides is 1. The molecule has 2 rings (SSSR count). The average Bonchev–Trinajstić information content (AvgIpc) is 2.41. The Labute approximate surface area is 114 Å². The van der Waals surface area contributed by atoms with Gasteiger partial charge in [-0.2, -0.15) is 0 Å². The molecule has 0 aliphatic heterocycles. The van der Waals surface area contributed by atoms with Crippen LogP contribution in [0.15, 0.2) is 18.2 Å². The van der Waals surface area contributed by atoms with Gasteiger partial charge in [0.15, 0.2) is 0 Å². The Morgan fingerprint density at radius 3 is 2.79 bits per heavy atom. The summed E-state index contributed by atoms with van der Waals surface area (Å²) in [5.74, 6) is 0.994. The summed E-state index contributed by atoms with van der Waals surface area (Å²) in [6.45, 7) is 2.20. The zero-order valence-corrected chi connectivity index (χ0v) is 11.6. The number of hydrogen-bond donors (Lipinski definition) is 2. The average molecular weight is 262 g/mol. The highest BCUT2D eigenvalue weighted by Crippen LogP contribution is 2.26. The van der Waals surface area contributed by atoms with E-state index >= 15 is 0 Å². The molecule has 4 nitrogen and oxygen atoms in total. The highest BCUT2D eigenvalue weighted by Gasteiger charge is 2.24. The molecule has 1 aromatic carbocycles. The quantitative estimate of drug-likeness (QED) is 0.823. The van der Waals surface area contributed by atoms with Gasteiger partial charge in [-0.05, 0) is 30.9 Å². The minimum atomic E-state index is -0.0735. The molecule has 2 atom stereocenters. The van der Waals surface area contributed by atoms with Crippen LogP contribution in [0.1, 0.15) is 43.0 Å². The van der Waals surface area contributed by atoms with Gasteiger partial charge in [0.1, 0.15) is 5.75 Å². The maximum atomic E-state index is 12.3. The van der Waals surface area contributed by atoms with Crippen LogP contribution < -0.4 is 15.8 Å². The van der Waals surface area contributed by atoms with Crippen LogP contribution in [0.5, 0.6) is 5.75 Å². The van der Waals surface area contributed by atoms with Crippen LogP contribution >= 0.6 is 0 Å². The summed E-state index contributed by atoms with van der Waals surface area (Å²) >= 11 is 0. The molecule has 0 heterocycles. The van der Waals surface area contributed by atoms with E-state index in [0.717, 1.165) is 6.42 Å². The standard InChI is InChI=1S/C15H22N2O2/c1-10-5-3-4-6-13(10)17-15(18)12-8-7-11(16)9-14(12)19-2/h7-10,13H,3-6,16H2,1-2H3,(H,17,18). The van der Waals surface area contributed by atoms with Crippen LogP contribution in [-0.4, -0.2) is 19.1 Å². The van der Waals surface area contributed by atoms with Gasteiger partial charge in [0.2, 0.25) is 0 Å². The molecule has 0 saturated heterocycles. The molecule has 1 aliphatic carbocycles. The monoisotopic (exact) mass is 262 g/mol. The first-order chi connectivity index (χ1) is 9.11. The van der Waals surface area contributed by atoms with Crippen molar-refractivity contribution in [3.05, 3.63) is 23.8 Å². The first-order valence-corrected chi connectivity index (χ1v) is 6.86. The van der Waals surface area contributed by atoms with Crippen molar-refractivity contribution in [1.82, 2.24) is 5.32 Å². The van der Waals surface area contributed by atoms with Crippen molar-refractivity contribution in [2.45, 2.75) is 38.6 Å². The lowest BCUT2D eigenvalue weighted by atomic mass is 9.86. The van der Waals surface area contributed by atoms with E-state index in [4.69, 9.17) is 10.5 Å². The highest BCUT2D eigenvalue weighted by atomic mass is 16.5. The summed E-state index contributed by atoms with van der Waals surface area (Å²) in [6, 6.07) is 5.39. The number of benzene rings is 1. The molecule has 3 N–H and O–H groups in total. The maximum absolute atomic E-state index is 12.3. The molecule has 104 valence electrons. The number of carbonyl (C=O) groups excluding carboxylic acids is 1. The normalized spacial score (nSPS) is 22.8. The SMILES string of the molecule is COc1cc(N)ccc1C(=O)NC1CCCCC1C. The van der Waals surface area contributed by atoms with Crippen LogP contribution in [-0.2, 0) is 0 Å². The second-order valence-electron chi connectivity index (χ2n) is 5.30. The Morgan fingerprint density at radius 2 is 2.11 bits per heavy atom. The second kappa shape index (κ2) is 5.95. The van der Waals surface area contributed by atoms with Crippen molar-refractivity contribution in [3.8, 4) is 5.75 Å². The summed E-state index contributed by atoms with van der Waals surface area (Å²) < 4.78 is 5.22. The molecule has 0 spiro atoms. The van der Waals surface area contributed by atoms with Gasteiger partial charge < -0.3 is 15.8 Å². The molecule has 0 radical (unpaired) electrons. The first-order valence-electron chi connectivity index (χ1n) is 6.86. The van der Waals surface area contributed by atoms with E-state index in [2.05, 4.69) is 12.2 Å². The summed E-state index contributed by atoms with van der Waals surface area (Å²) in [5, 5.41) is 3.12. The van der Waals surface area contributed by atoms with Gasteiger partial charge in [0, 0.05) is 17.8 Å². The van der Waals surface area contributed by atoms with Crippen LogP contribution in [0.25, 0.3) is 0 Å². The third-order valence-corrected chi connectivity index (χ3v) is 3.90. The molecule has 1 amide bonds. The molecule has 0 aromatic heterocycles. The number of nitrogens with two attached hydrogens (primary N) is 1. The van der Waals surface area contributed by atoms with Crippen molar-refractivity contribution >= 4 is 11.6 Å². The number of nitrogen functional groups attached to an aromatic ring is 1. The minimum absolute atomic E-state index is 0.0735. The van der Waals surface area contributed by atoms with E-state index in [-0.39, 0.29) is 11.9 Å². The lowest BCUT2D eigenvalue weighted by Gasteiger charge is -2.29. The van der Waals surface area contributed by atoms with E-state index in [0.29, 0.717) is 22.9 Å². The smallest absolute Gasteiger partial charge is 0.255 e. The van der Waals surface area contributed by atoms with Gasteiger partial charge in [-0.25, -0.2) is 0 Å². The zero-order valence-electron chi connectivity index (χ0n) is 11.6. The fourth-order valence-electron chi connectivity index (χ4n) is 2.67. The predicted octanol–water partition coefficient (Wildman–Crippen LogP) is 2.59. The Balaban J connectivity index is 2.11. The van der Waals surface area contributed by atoms with Crippen LogP contribution in [0.4, 0.5) is 5.69 Å². The summed E-state index contributed by atoms with van der Waals surface area (Å²) in [7, 11) is 1.55. The summed E-state index contributed by atoms with van der Waals surface area (Å²) in [4.78, 5) is 12.3. The molecule has 4 heteroatoms. The number of nitrogens with one attached hydrogen (secondary N) is 1. The van der Waals surface area contributed by atoms with Gasteiger partial charge in [-0.1, -0.05) is 19.8 Å². The molecule has 1 fully saturated rings. The van der Waals surface area contributed by atoms with Crippen LogP contribution in [0.3, 0.4) is 0 Å². The number of hydrogen-bond acceptors (Lipinski definition) is 3. The van der Waals surface area contributed by atoms with Gasteiger partial charge in [0.05, 0.1) is 12.7 Å². The molecule has 0 bridgehead atoms. The molecule has 1 aromatic rings. The van der Waals surface area contributed by atoms with E-state index in [1.807, 2.05) is 0 Å². The predicted molar refractivity (Wildman–Crippen MR) is 76.3 cm³/mol. The first kappa shape index (κ1) is 13.7. The molecule has 2 unspecified atom stereocenters. The largest absolute Gasteiger partial charge is 0.496 e. The maximum Gasteiger partial charge on any atom is 0.255 e. The Bertz CT molecular complexity index is 459. The van der Waals surface area contributed by atoms with Crippen molar-refractivity contribution in [1.29, 1.82) is 0 Å². The summed E-state index contributed by atoms with van der Waals surface area (Å²) in [5.41, 5.74) is 6.84. The molecular formula is C15H22N2O2. The fourth-order valence-corrected chi connectivity index (χ4v) is 2.67. The number of ether oxygens (including phenoxy) is 1. The molecule has 19 heavy (non-hydrogen) atoms. The van der Waals surface area contributed by atoms with E-state index in [1.165, 1.54) is 19.3 Å². The van der Waals surface area contributed by atoms with Crippen molar-refractivity contribution in [2.75, 3.05) is 12.8 Å². The van der Waals surface area contributed by atoms with Crippen molar-refractivity contribution in [2.24, 2.45) is 5.92 Å².